The number of hydrogen-bond acceptors (Lipinski definition) is 2. The van der Waals surface area contributed by atoms with E-state index in [9.17, 15) is 9.90 Å². The molecule has 1 aliphatic rings. The molecule has 1 aliphatic heterocycles. The van der Waals surface area contributed by atoms with Crippen molar-refractivity contribution in [3.63, 3.8) is 0 Å². The fourth-order valence-corrected chi connectivity index (χ4v) is 3.09. The van der Waals surface area contributed by atoms with Crippen LogP contribution in [0.5, 0.6) is 0 Å². The first-order valence-corrected chi connectivity index (χ1v) is 7.73. The summed E-state index contributed by atoms with van der Waals surface area (Å²) in [5.74, 6) is -0.128. The first-order chi connectivity index (χ1) is 10.5. The van der Waals surface area contributed by atoms with Crippen LogP contribution in [0, 0.1) is 6.92 Å². The molecule has 0 fully saturated rings. The highest BCUT2D eigenvalue weighted by atomic mass is 16.3. The lowest BCUT2D eigenvalue weighted by molar-refractivity contribution is -0.116. The van der Waals surface area contributed by atoms with Gasteiger partial charge in [-0.05, 0) is 48.6 Å². The van der Waals surface area contributed by atoms with Crippen molar-refractivity contribution in [3.8, 4) is 0 Å². The molecule has 2 aromatic carbocycles. The number of fused-ring (bicyclic) bond motifs is 1. The van der Waals surface area contributed by atoms with E-state index in [1.54, 1.807) is 0 Å². The van der Waals surface area contributed by atoms with E-state index < -0.39 is 6.10 Å². The van der Waals surface area contributed by atoms with Crippen molar-refractivity contribution in [2.45, 2.75) is 39.2 Å². The van der Waals surface area contributed by atoms with Crippen LogP contribution >= 0.6 is 0 Å². The number of hydrogen-bond donors (Lipinski definition) is 2. The molecule has 1 amide bonds. The van der Waals surface area contributed by atoms with Crippen molar-refractivity contribution in [1.29, 1.82) is 0 Å². The minimum absolute atomic E-state index is 0.0342. The molecule has 2 atom stereocenters. The van der Waals surface area contributed by atoms with Crippen LogP contribution in [-0.4, -0.2) is 11.0 Å². The molecule has 114 valence electrons. The fourth-order valence-electron chi connectivity index (χ4n) is 3.09. The van der Waals surface area contributed by atoms with Crippen molar-refractivity contribution in [2.24, 2.45) is 0 Å². The third-order valence-corrected chi connectivity index (χ3v) is 4.44. The van der Waals surface area contributed by atoms with E-state index in [-0.39, 0.29) is 11.8 Å². The van der Waals surface area contributed by atoms with Gasteiger partial charge in [-0.25, -0.2) is 0 Å². The van der Waals surface area contributed by atoms with Crippen LogP contribution < -0.4 is 5.32 Å². The van der Waals surface area contributed by atoms with E-state index in [4.69, 9.17) is 0 Å². The zero-order valence-electron chi connectivity index (χ0n) is 13.2. The average molecular weight is 295 g/mol. The first-order valence-electron chi connectivity index (χ1n) is 7.73. The van der Waals surface area contributed by atoms with Gasteiger partial charge in [-0.2, -0.15) is 0 Å². The Hall–Kier alpha value is -2.13. The molecule has 0 saturated carbocycles. The molecule has 2 aromatic rings. The number of anilines is 1. The molecule has 0 radical (unpaired) electrons. The summed E-state index contributed by atoms with van der Waals surface area (Å²) in [6.07, 6.45) is 0.155. The van der Waals surface area contributed by atoms with Crippen LogP contribution in [0.25, 0.3) is 0 Å². The molecule has 22 heavy (non-hydrogen) atoms. The SMILES string of the molecule is CCc1cc(C(O)c2cccc(C)c2)cc2c1NC(=O)C2C. The van der Waals surface area contributed by atoms with Gasteiger partial charge in [-0.1, -0.05) is 42.8 Å². The second-order valence-corrected chi connectivity index (χ2v) is 6.03. The van der Waals surface area contributed by atoms with Gasteiger partial charge >= 0.3 is 0 Å². The number of nitrogens with one attached hydrogen (secondary N) is 1. The zero-order chi connectivity index (χ0) is 15.9. The summed E-state index contributed by atoms with van der Waals surface area (Å²) in [6.45, 7) is 5.98. The quantitative estimate of drug-likeness (QED) is 0.907. The summed E-state index contributed by atoms with van der Waals surface area (Å²) >= 11 is 0. The predicted molar refractivity (Wildman–Crippen MR) is 88.1 cm³/mol. The van der Waals surface area contributed by atoms with Gasteiger partial charge in [0.25, 0.3) is 0 Å². The Morgan fingerprint density at radius 2 is 2.00 bits per heavy atom. The molecular formula is C19H21NO2. The Labute approximate surface area is 131 Å². The molecule has 2 unspecified atom stereocenters. The number of carbonyl (C=O) groups is 1. The van der Waals surface area contributed by atoms with Gasteiger partial charge < -0.3 is 10.4 Å². The van der Waals surface area contributed by atoms with E-state index in [2.05, 4.69) is 12.2 Å². The number of aliphatic hydroxyl groups is 1. The Balaban J connectivity index is 2.07. The van der Waals surface area contributed by atoms with E-state index in [1.807, 2.05) is 50.2 Å². The lowest BCUT2D eigenvalue weighted by Crippen LogP contribution is -2.08. The molecule has 2 N–H and O–H groups in total. The summed E-state index contributed by atoms with van der Waals surface area (Å²) in [7, 11) is 0. The zero-order valence-corrected chi connectivity index (χ0v) is 13.2. The van der Waals surface area contributed by atoms with Gasteiger partial charge in [0, 0.05) is 5.69 Å². The third-order valence-electron chi connectivity index (χ3n) is 4.44. The van der Waals surface area contributed by atoms with Crippen molar-refractivity contribution in [2.75, 3.05) is 5.32 Å². The van der Waals surface area contributed by atoms with Crippen LogP contribution in [0.3, 0.4) is 0 Å². The van der Waals surface area contributed by atoms with E-state index in [1.165, 1.54) is 0 Å². The van der Waals surface area contributed by atoms with E-state index in [0.717, 1.165) is 39.9 Å². The second kappa shape index (κ2) is 5.58. The maximum atomic E-state index is 11.9. The Kier molecular flexibility index (Phi) is 3.75. The van der Waals surface area contributed by atoms with Crippen molar-refractivity contribution >= 4 is 11.6 Å². The van der Waals surface area contributed by atoms with Crippen molar-refractivity contribution in [3.05, 3.63) is 64.2 Å². The monoisotopic (exact) mass is 295 g/mol. The summed E-state index contributed by atoms with van der Waals surface area (Å²) in [4.78, 5) is 11.9. The van der Waals surface area contributed by atoms with Crippen molar-refractivity contribution in [1.82, 2.24) is 0 Å². The standard InChI is InChI=1S/C19H21NO2/c1-4-13-9-15(10-16-12(3)19(22)20-17(13)16)18(21)14-7-5-6-11(2)8-14/h5-10,12,18,21H,4H2,1-3H3,(H,20,22). The minimum atomic E-state index is -0.668. The van der Waals surface area contributed by atoms with Gasteiger partial charge in [-0.3, -0.25) is 4.79 Å². The second-order valence-electron chi connectivity index (χ2n) is 6.03. The molecule has 3 rings (SSSR count). The predicted octanol–water partition coefficient (Wildman–Crippen LogP) is 3.69. The molecule has 1 heterocycles. The summed E-state index contributed by atoms with van der Waals surface area (Å²) in [5, 5.41) is 13.7. The lowest BCUT2D eigenvalue weighted by Gasteiger charge is -2.16. The van der Waals surface area contributed by atoms with Crippen LogP contribution in [0.2, 0.25) is 0 Å². The molecule has 3 nitrogen and oxygen atoms in total. The van der Waals surface area contributed by atoms with Gasteiger partial charge in [0.05, 0.1) is 5.92 Å². The van der Waals surface area contributed by atoms with Crippen LogP contribution in [-0.2, 0) is 11.2 Å². The van der Waals surface area contributed by atoms with E-state index >= 15 is 0 Å². The lowest BCUT2D eigenvalue weighted by atomic mass is 9.92. The Bertz CT molecular complexity index is 736. The third kappa shape index (κ3) is 2.42. The fraction of sp³-hybridized carbons (Fsp3) is 0.316. The topological polar surface area (TPSA) is 49.3 Å². The summed E-state index contributed by atoms with van der Waals surface area (Å²) < 4.78 is 0. The molecule has 0 spiro atoms. The highest BCUT2D eigenvalue weighted by Crippen LogP contribution is 2.38. The van der Waals surface area contributed by atoms with Gasteiger partial charge in [-0.15, -0.1) is 0 Å². The number of carbonyl (C=O) groups excluding carboxylic acids is 1. The molecule has 0 aromatic heterocycles. The average Bonchev–Trinajstić information content (AvgIpc) is 2.81. The Morgan fingerprint density at radius 3 is 2.68 bits per heavy atom. The largest absolute Gasteiger partial charge is 0.384 e. The van der Waals surface area contributed by atoms with Crippen LogP contribution in [0.15, 0.2) is 36.4 Å². The molecule has 3 heteroatoms. The van der Waals surface area contributed by atoms with Crippen LogP contribution in [0.1, 0.15) is 53.7 Å². The summed E-state index contributed by atoms with van der Waals surface area (Å²) in [6, 6.07) is 11.9. The summed E-state index contributed by atoms with van der Waals surface area (Å²) in [5.41, 5.74) is 5.86. The number of aryl methyl sites for hydroxylation is 2. The molecule has 0 aliphatic carbocycles. The van der Waals surface area contributed by atoms with Crippen LogP contribution in [0.4, 0.5) is 5.69 Å². The number of amides is 1. The molecule has 0 bridgehead atoms. The number of rotatable bonds is 3. The van der Waals surface area contributed by atoms with Gasteiger partial charge in [0.1, 0.15) is 6.10 Å². The smallest absolute Gasteiger partial charge is 0.231 e. The molecular weight excluding hydrogens is 274 g/mol. The van der Waals surface area contributed by atoms with E-state index in [0.29, 0.717) is 0 Å². The number of benzene rings is 2. The van der Waals surface area contributed by atoms with Gasteiger partial charge in [0.2, 0.25) is 5.91 Å². The van der Waals surface area contributed by atoms with Crippen molar-refractivity contribution < 1.29 is 9.90 Å². The maximum Gasteiger partial charge on any atom is 0.231 e. The highest BCUT2D eigenvalue weighted by molar-refractivity contribution is 6.03. The Morgan fingerprint density at radius 1 is 1.23 bits per heavy atom. The number of aliphatic hydroxyl groups excluding tert-OH is 1. The first kappa shape index (κ1) is 14.8. The minimum Gasteiger partial charge on any atom is -0.384 e. The molecule has 0 saturated heterocycles. The highest BCUT2D eigenvalue weighted by Gasteiger charge is 2.29. The maximum absolute atomic E-state index is 11.9. The normalized spacial score (nSPS) is 18.0. The van der Waals surface area contributed by atoms with Gasteiger partial charge in [0.15, 0.2) is 0 Å².